The number of aromatic carboxylic acids is 1. The largest absolute Gasteiger partial charge is 0.481 e. The van der Waals surface area contributed by atoms with Crippen molar-refractivity contribution in [1.29, 1.82) is 0 Å². The maximum Gasteiger partial charge on any atom is 0.354 e. The fourth-order valence-electron chi connectivity index (χ4n) is 3.47. The molecule has 3 rings (SSSR count). The van der Waals surface area contributed by atoms with Gasteiger partial charge in [-0.2, -0.15) is 0 Å². The van der Waals surface area contributed by atoms with E-state index in [0.29, 0.717) is 12.2 Å². The van der Waals surface area contributed by atoms with Crippen molar-refractivity contribution >= 4 is 17.9 Å². The summed E-state index contributed by atoms with van der Waals surface area (Å²) in [6.07, 6.45) is -0.660. The van der Waals surface area contributed by atoms with Crippen LogP contribution in [-0.2, 0) is 11.2 Å². The van der Waals surface area contributed by atoms with E-state index in [9.17, 15) is 24.9 Å². The number of aromatic nitrogens is 2. The van der Waals surface area contributed by atoms with Gasteiger partial charge in [-0.15, -0.1) is 0 Å². The topological polar surface area (TPSA) is 124 Å². The summed E-state index contributed by atoms with van der Waals surface area (Å²) < 4.78 is 0. The molecule has 1 aromatic carbocycles. The zero-order valence-electron chi connectivity index (χ0n) is 14.9. The Hall–Kier alpha value is -3.00. The molecule has 1 aliphatic heterocycles. The van der Waals surface area contributed by atoms with Crippen LogP contribution in [-0.4, -0.2) is 56.4 Å². The van der Waals surface area contributed by atoms with Crippen LogP contribution in [0.25, 0.3) is 0 Å². The molecule has 2 heterocycles. The van der Waals surface area contributed by atoms with Crippen LogP contribution >= 0.6 is 0 Å². The molecule has 3 N–H and O–H groups in total. The molecule has 1 aliphatic rings. The number of aliphatic carboxylic acids is 1. The molecule has 27 heavy (non-hydrogen) atoms. The maximum atomic E-state index is 12.2. The normalized spacial score (nSPS) is 22.4. The van der Waals surface area contributed by atoms with Gasteiger partial charge in [-0.3, -0.25) is 4.79 Å². The molecule has 0 amide bonds. The number of aliphatic hydroxyl groups is 1. The SMILES string of the molecule is Cc1cc(C(=O)O)nc(N2CC[C@H](O)[C@@](Cc3ccccc3)(C(=O)O)C2)n1. The van der Waals surface area contributed by atoms with E-state index in [-0.39, 0.29) is 31.0 Å². The van der Waals surface area contributed by atoms with Crippen molar-refractivity contribution in [3.63, 3.8) is 0 Å². The summed E-state index contributed by atoms with van der Waals surface area (Å²) >= 11 is 0. The van der Waals surface area contributed by atoms with Crippen LogP contribution in [0.2, 0.25) is 0 Å². The molecule has 0 radical (unpaired) electrons. The molecule has 1 aromatic heterocycles. The Morgan fingerprint density at radius 3 is 2.56 bits per heavy atom. The number of piperidine rings is 1. The van der Waals surface area contributed by atoms with E-state index in [2.05, 4.69) is 9.97 Å². The third-order valence-electron chi connectivity index (χ3n) is 4.92. The number of aryl methyl sites for hydroxylation is 1. The van der Waals surface area contributed by atoms with E-state index >= 15 is 0 Å². The van der Waals surface area contributed by atoms with Crippen LogP contribution < -0.4 is 4.90 Å². The third-order valence-corrected chi connectivity index (χ3v) is 4.92. The highest BCUT2D eigenvalue weighted by atomic mass is 16.4. The smallest absolute Gasteiger partial charge is 0.354 e. The highest BCUT2D eigenvalue weighted by molar-refractivity contribution is 5.85. The first-order valence-electron chi connectivity index (χ1n) is 8.61. The van der Waals surface area contributed by atoms with E-state index in [4.69, 9.17) is 0 Å². The van der Waals surface area contributed by atoms with Crippen molar-refractivity contribution in [2.24, 2.45) is 5.41 Å². The number of hydrogen-bond acceptors (Lipinski definition) is 6. The number of anilines is 1. The summed E-state index contributed by atoms with van der Waals surface area (Å²) in [5.41, 5.74) is -0.298. The van der Waals surface area contributed by atoms with Gasteiger partial charge < -0.3 is 20.2 Å². The lowest BCUT2D eigenvalue weighted by atomic mass is 9.73. The second-order valence-electron chi connectivity index (χ2n) is 6.85. The fourth-order valence-corrected chi connectivity index (χ4v) is 3.47. The van der Waals surface area contributed by atoms with Gasteiger partial charge >= 0.3 is 11.9 Å². The average molecular weight is 371 g/mol. The third kappa shape index (κ3) is 3.75. The minimum atomic E-state index is -1.43. The lowest BCUT2D eigenvalue weighted by Crippen LogP contribution is -2.57. The van der Waals surface area contributed by atoms with Crippen molar-refractivity contribution in [1.82, 2.24) is 9.97 Å². The second kappa shape index (κ2) is 7.32. The van der Waals surface area contributed by atoms with Gasteiger partial charge in [-0.05, 0) is 31.4 Å². The van der Waals surface area contributed by atoms with Gasteiger partial charge in [0.05, 0.1) is 6.10 Å². The molecule has 1 saturated heterocycles. The van der Waals surface area contributed by atoms with Gasteiger partial charge in [0.15, 0.2) is 5.69 Å². The highest BCUT2D eigenvalue weighted by Crippen LogP contribution is 2.36. The van der Waals surface area contributed by atoms with E-state index in [1.54, 1.807) is 11.8 Å². The first-order valence-corrected chi connectivity index (χ1v) is 8.61. The van der Waals surface area contributed by atoms with Crippen LogP contribution in [0.5, 0.6) is 0 Å². The van der Waals surface area contributed by atoms with Gasteiger partial charge in [-0.1, -0.05) is 30.3 Å². The summed E-state index contributed by atoms with van der Waals surface area (Å²) in [5, 5.41) is 29.7. The zero-order valence-corrected chi connectivity index (χ0v) is 14.9. The predicted octanol–water partition coefficient (Wildman–Crippen LogP) is 1.37. The molecular formula is C19H21N3O5. The van der Waals surface area contributed by atoms with E-state index in [0.717, 1.165) is 5.56 Å². The van der Waals surface area contributed by atoms with E-state index < -0.39 is 23.5 Å². The van der Waals surface area contributed by atoms with Crippen LogP contribution in [0.1, 0.15) is 28.2 Å². The van der Waals surface area contributed by atoms with Gasteiger partial charge in [-0.25, -0.2) is 14.8 Å². The van der Waals surface area contributed by atoms with Crippen molar-refractivity contribution in [2.75, 3.05) is 18.0 Å². The average Bonchev–Trinajstić information content (AvgIpc) is 2.63. The van der Waals surface area contributed by atoms with Gasteiger partial charge in [0, 0.05) is 18.8 Å². The van der Waals surface area contributed by atoms with Crippen LogP contribution in [0.15, 0.2) is 36.4 Å². The van der Waals surface area contributed by atoms with Gasteiger partial charge in [0.1, 0.15) is 5.41 Å². The first kappa shape index (κ1) is 18.8. The summed E-state index contributed by atoms with van der Waals surface area (Å²) in [4.78, 5) is 33.4. The molecule has 0 spiro atoms. The minimum Gasteiger partial charge on any atom is -0.481 e. The van der Waals surface area contributed by atoms with Gasteiger partial charge in [0.25, 0.3) is 0 Å². The number of benzene rings is 1. The Morgan fingerprint density at radius 2 is 1.93 bits per heavy atom. The van der Waals surface area contributed by atoms with Crippen LogP contribution in [0, 0.1) is 12.3 Å². The molecule has 0 bridgehead atoms. The van der Waals surface area contributed by atoms with Crippen molar-refractivity contribution in [3.8, 4) is 0 Å². The molecule has 142 valence electrons. The lowest BCUT2D eigenvalue weighted by Gasteiger charge is -2.43. The van der Waals surface area contributed by atoms with Crippen LogP contribution in [0.3, 0.4) is 0 Å². The second-order valence-corrected chi connectivity index (χ2v) is 6.85. The molecular weight excluding hydrogens is 350 g/mol. The molecule has 2 atom stereocenters. The Kier molecular flexibility index (Phi) is 5.09. The standard InChI is InChI=1S/C19H21N3O5/c1-12-9-14(16(24)25)21-18(20-12)22-8-7-15(23)19(11-22,17(26)27)10-13-5-3-2-4-6-13/h2-6,9,15,23H,7-8,10-11H2,1H3,(H,24,25)(H,26,27)/t15-,19-/m0/s1. The quantitative estimate of drug-likeness (QED) is 0.720. The summed E-state index contributed by atoms with van der Waals surface area (Å²) in [5.74, 6) is -2.11. The van der Waals surface area contributed by atoms with E-state index in [1.165, 1.54) is 6.07 Å². The Labute approximate surface area is 156 Å². The monoisotopic (exact) mass is 371 g/mol. The molecule has 8 nitrogen and oxygen atoms in total. The number of nitrogens with zero attached hydrogens (tertiary/aromatic N) is 3. The number of carboxylic acids is 2. The van der Waals surface area contributed by atoms with Crippen molar-refractivity contribution < 1.29 is 24.9 Å². The molecule has 0 aliphatic carbocycles. The number of carboxylic acid groups (broad SMARTS) is 2. The van der Waals surface area contributed by atoms with Gasteiger partial charge in [0.2, 0.25) is 5.95 Å². The Morgan fingerprint density at radius 1 is 1.22 bits per heavy atom. The molecule has 0 unspecified atom stereocenters. The summed E-state index contributed by atoms with van der Waals surface area (Å²) in [7, 11) is 0. The Bertz CT molecular complexity index is 858. The number of carbonyl (C=O) groups is 2. The molecule has 0 saturated carbocycles. The predicted molar refractivity (Wildman–Crippen MR) is 96.8 cm³/mol. The first-order chi connectivity index (χ1) is 12.8. The molecule has 2 aromatic rings. The fraction of sp³-hybridized carbons (Fsp3) is 0.368. The number of aliphatic hydroxyl groups excluding tert-OH is 1. The summed E-state index contributed by atoms with van der Waals surface area (Å²) in [6, 6.07) is 10.5. The molecule has 8 heteroatoms. The minimum absolute atomic E-state index is 0.0130. The maximum absolute atomic E-state index is 12.2. The lowest BCUT2D eigenvalue weighted by molar-refractivity contribution is -0.157. The van der Waals surface area contributed by atoms with Crippen molar-refractivity contribution in [2.45, 2.75) is 25.9 Å². The highest BCUT2D eigenvalue weighted by Gasteiger charge is 2.49. The Balaban J connectivity index is 1.96. The van der Waals surface area contributed by atoms with Crippen molar-refractivity contribution in [3.05, 3.63) is 53.3 Å². The van der Waals surface area contributed by atoms with E-state index in [1.807, 2.05) is 30.3 Å². The summed E-state index contributed by atoms with van der Waals surface area (Å²) in [6.45, 7) is 1.99. The zero-order chi connectivity index (χ0) is 19.6. The van der Waals surface area contributed by atoms with Crippen LogP contribution in [0.4, 0.5) is 5.95 Å². The molecule has 1 fully saturated rings. The number of rotatable bonds is 5. The number of hydrogen-bond donors (Lipinski definition) is 3.